The van der Waals surface area contributed by atoms with Crippen LogP contribution >= 0.6 is 0 Å². The quantitative estimate of drug-likeness (QED) is 0.133. The summed E-state index contributed by atoms with van der Waals surface area (Å²) in [5.41, 5.74) is 0.484. The van der Waals surface area contributed by atoms with E-state index < -0.39 is 23.9 Å². The first-order chi connectivity index (χ1) is 21.1. The number of benzene rings is 2. The molecule has 0 fully saturated rings. The Kier molecular flexibility index (Phi) is 14.9. The van der Waals surface area contributed by atoms with Crippen molar-refractivity contribution in [1.82, 2.24) is 0 Å². The SMILES string of the molecule is CCOC(=O)CN(CC(=O)OCC)c1cc(O)ccc1OCCOc1ccc(O)cc1N(CC(=O)OCC)CC(=O)OCC. The molecule has 2 aromatic carbocycles. The van der Waals surface area contributed by atoms with Gasteiger partial charge >= 0.3 is 23.9 Å². The standard InChI is InChI=1S/C30H40N2O12/c1-5-39-27(35)17-31(18-28(36)40-6-2)23-15-21(33)9-11-25(23)43-13-14-44-26-12-10-22(34)16-24(26)32(19-29(37)41-7-3)20-30(38)42-8-4/h9-12,15-16,33-34H,5-8,13-14,17-20H2,1-4H3. The smallest absolute Gasteiger partial charge is 0.325 e. The highest BCUT2D eigenvalue weighted by atomic mass is 16.5. The Hall–Kier alpha value is -4.88. The van der Waals surface area contributed by atoms with Crippen molar-refractivity contribution in [2.75, 3.05) is 75.6 Å². The minimum absolute atomic E-state index is 0.0412. The lowest BCUT2D eigenvalue weighted by molar-refractivity contribution is -0.144. The predicted octanol–water partition coefficient (Wildman–Crippen LogP) is 2.42. The summed E-state index contributed by atoms with van der Waals surface area (Å²) in [5.74, 6) is -2.16. The summed E-state index contributed by atoms with van der Waals surface area (Å²) in [4.78, 5) is 51.8. The van der Waals surface area contributed by atoms with Gasteiger partial charge in [-0.2, -0.15) is 0 Å². The van der Waals surface area contributed by atoms with Crippen LogP contribution in [0, 0.1) is 0 Å². The van der Waals surface area contributed by atoms with E-state index in [1.54, 1.807) is 27.7 Å². The molecule has 0 bridgehead atoms. The molecular formula is C30H40N2O12. The number of nitrogens with zero attached hydrogens (tertiary/aromatic N) is 2. The molecule has 0 aliphatic rings. The van der Waals surface area contributed by atoms with Crippen LogP contribution in [0.15, 0.2) is 36.4 Å². The third-order valence-corrected chi connectivity index (χ3v) is 5.67. The fourth-order valence-corrected chi connectivity index (χ4v) is 3.96. The largest absolute Gasteiger partial charge is 0.508 e. The van der Waals surface area contributed by atoms with Crippen LogP contribution in [0.25, 0.3) is 0 Å². The fourth-order valence-electron chi connectivity index (χ4n) is 3.96. The van der Waals surface area contributed by atoms with Gasteiger partial charge in [0.15, 0.2) is 0 Å². The van der Waals surface area contributed by atoms with Gasteiger partial charge in [0.1, 0.15) is 62.4 Å². The van der Waals surface area contributed by atoms with E-state index in [4.69, 9.17) is 28.4 Å². The lowest BCUT2D eigenvalue weighted by Gasteiger charge is -2.26. The third kappa shape index (κ3) is 11.8. The monoisotopic (exact) mass is 620 g/mol. The molecule has 0 heterocycles. The van der Waals surface area contributed by atoms with Crippen LogP contribution in [0.4, 0.5) is 11.4 Å². The van der Waals surface area contributed by atoms with E-state index in [2.05, 4.69) is 0 Å². The number of carbonyl (C=O) groups is 4. The van der Waals surface area contributed by atoms with Gasteiger partial charge in [-0.15, -0.1) is 0 Å². The van der Waals surface area contributed by atoms with Gasteiger partial charge in [-0.3, -0.25) is 19.2 Å². The number of esters is 4. The number of ether oxygens (including phenoxy) is 6. The second kappa shape index (κ2) is 18.6. The van der Waals surface area contributed by atoms with Crippen molar-refractivity contribution in [3.8, 4) is 23.0 Å². The number of anilines is 2. The molecule has 2 rings (SSSR count). The molecule has 0 saturated carbocycles. The van der Waals surface area contributed by atoms with Gasteiger partial charge in [0.2, 0.25) is 0 Å². The summed E-state index contributed by atoms with van der Waals surface area (Å²) in [7, 11) is 0. The van der Waals surface area contributed by atoms with Crippen LogP contribution in [0.1, 0.15) is 27.7 Å². The lowest BCUT2D eigenvalue weighted by Crippen LogP contribution is -2.36. The van der Waals surface area contributed by atoms with Crippen molar-refractivity contribution >= 4 is 35.3 Å². The second-order valence-electron chi connectivity index (χ2n) is 8.93. The Balaban J connectivity index is 2.24. The van der Waals surface area contributed by atoms with Crippen molar-refractivity contribution in [2.45, 2.75) is 27.7 Å². The molecule has 242 valence electrons. The molecule has 44 heavy (non-hydrogen) atoms. The van der Waals surface area contributed by atoms with Gasteiger partial charge in [0, 0.05) is 12.1 Å². The van der Waals surface area contributed by atoms with Crippen molar-refractivity contribution in [2.24, 2.45) is 0 Å². The van der Waals surface area contributed by atoms with Crippen LogP contribution in [0.3, 0.4) is 0 Å². The molecule has 2 N–H and O–H groups in total. The number of hydrogen-bond donors (Lipinski definition) is 2. The lowest BCUT2D eigenvalue weighted by atomic mass is 10.2. The molecule has 0 amide bonds. The highest BCUT2D eigenvalue weighted by molar-refractivity contribution is 5.84. The summed E-state index contributed by atoms with van der Waals surface area (Å²) in [5, 5.41) is 20.3. The normalized spacial score (nSPS) is 10.4. The molecule has 14 heteroatoms. The van der Waals surface area contributed by atoms with Crippen LogP contribution < -0.4 is 19.3 Å². The topological polar surface area (TPSA) is 171 Å². The zero-order chi connectivity index (χ0) is 32.5. The summed E-state index contributed by atoms with van der Waals surface area (Å²) in [6.45, 7) is 5.87. The highest BCUT2D eigenvalue weighted by Gasteiger charge is 2.23. The summed E-state index contributed by atoms with van der Waals surface area (Å²) < 4.78 is 31.9. The Labute approximate surface area is 255 Å². The van der Waals surface area contributed by atoms with E-state index in [1.807, 2.05) is 0 Å². The summed E-state index contributed by atoms with van der Waals surface area (Å²) in [6, 6.07) is 8.39. The molecule has 0 spiro atoms. The third-order valence-electron chi connectivity index (χ3n) is 5.67. The minimum Gasteiger partial charge on any atom is -0.508 e. The van der Waals surface area contributed by atoms with Gasteiger partial charge in [-0.25, -0.2) is 0 Å². The number of carbonyl (C=O) groups excluding carboxylic acids is 4. The predicted molar refractivity (Wildman–Crippen MR) is 158 cm³/mol. The minimum atomic E-state index is -0.593. The van der Waals surface area contributed by atoms with Crippen LogP contribution in [0.2, 0.25) is 0 Å². The first-order valence-corrected chi connectivity index (χ1v) is 14.2. The Morgan fingerprint density at radius 2 is 0.841 bits per heavy atom. The number of phenolic OH excluding ortho intramolecular Hbond substituents is 2. The van der Waals surface area contributed by atoms with Crippen molar-refractivity contribution in [3.63, 3.8) is 0 Å². The first kappa shape index (κ1) is 35.3. The maximum absolute atomic E-state index is 12.3. The van der Waals surface area contributed by atoms with Crippen molar-refractivity contribution < 1.29 is 57.8 Å². The molecule has 0 unspecified atom stereocenters. The number of phenols is 2. The molecule has 0 radical (unpaired) electrons. The van der Waals surface area contributed by atoms with Crippen LogP contribution in [-0.2, 0) is 38.1 Å². The molecule has 0 saturated heterocycles. The van der Waals surface area contributed by atoms with Crippen LogP contribution in [-0.4, -0.2) is 99.9 Å². The fraction of sp³-hybridized carbons (Fsp3) is 0.467. The van der Waals surface area contributed by atoms with E-state index in [0.29, 0.717) is 0 Å². The molecule has 0 aromatic heterocycles. The Morgan fingerprint density at radius 1 is 0.545 bits per heavy atom. The molecule has 14 nitrogen and oxygen atoms in total. The van der Waals surface area contributed by atoms with E-state index in [1.165, 1.54) is 46.2 Å². The molecule has 0 aliphatic heterocycles. The maximum Gasteiger partial charge on any atom is 0.325 e. The van der Waals surface area contributed by atoms with Gasteiger partial charge in [-0.05, 0) is 52.0 Å². The van der Waals surface area contributed by atoms with Gasteiger partial charge in [0.05, 0.1) is 37.8 Å². The van der Waals surface area contributed by atoms with E-state index in [9.17, 15) is 29.4 Å². The van der Waals surface area contributed by atoms with E-state index in [0.717, 1.165) is 0 Å². The average Bonchev–Trinajstić information content (AvgIpc) is 2.96. The first-order valence-electron chi connectivity index (χ1n) is 14.2. The summed E-state index contributed by atoms with van der Waals surface area (Å²) >= 11 is 0. The van der Waals surface area contributed by atoms with Gasteiger partial charge in [-0.1, -0.05) is 0 Å². The van der Waals surface area contributed by atoms with E-state index in [-0.39, 0.29) is 100 Å². The Morgan fingerprint density at radius 3 is 1.11 bits per heavy atom. The van der Waals surface area contributed by atoms with Gasteiger partial charge in [0.25, 0.3) is 0 Å². The van der Waals surface area contributed by atoms with Crippen molar-refractivity contribution in [1.29, 1.82) is 0 Å². The highest BCUT2D eigenvalue weighted by Crippen LogP contribution is 2.34. The number of hydrogen-bond acceptors (Lipinski definition) is 14. The maximum atomic E-state index is 12.3. The molecular weight excluding hydrogens is 580 g/mol. The molecule has 0 aliphatic carbocycles. The zero-order valence-corrected chi connectivity index (χ0v) is 25.4. The molecule has 2 aromatic rings. The number of aromatic hydroxyl groups is 2. The molecule has 0 atom stereocenters. The van der Waals surface area contributed by atoms with E-state index >= 15 is 0 Å². The summed E-state index contributed by atoms with van der Waals surface area (Å²) in [6.07, 6.45) is 0. The van der Waals surface area contributed by atoms with Crippen LogP contribution in [0.5, 0.6) is 23.0 Å². The van der Waals surface area contributed by atoms with Gasteiger partial charge < -0.3 is 48.4 Å². The Bertz CT molecular complexity index is 1120. The van der Waals surface area contributed by atoms with Crippen molar-refractivity contribution in [3.05, 3.63) is 36.4 Å². The second-order valence-corrected chi connectivity index (χ2v) is 8.93. The average molecular weight is 621 g/mol. The zero-order valence-electron chi connectivity index (χ0n) is 25.4. The number of rotatable bonds is 19.